The van der Waals surface area contributed by atoms with Crippen molar-refractivity contribution in [2.24, 2.45) is 0 Å². The molecule has 0 saturated carbocycles. The van der Waals surface area contributed by atoms with Crippen LogP contribution >= 0.6 is 0 Å². The highest BCUT2D eigenvalue weighted by molar-refractivity contribution is 5.91. The second kappa shape index (κ2) is 4.13. The number of carboxylic acids is 1. The second-order valence-electron chi connectivity index (χ2n) is 3.31. The molecule has 0 aliphatic heterocycles. The first-order chi connectivity index (χ1) is 8.41. The van der Waals surface area contributed by atoms with Crippen LogP contribution in [-0.2, 0) is 6.18 Å². The van der Waals surface area contributed by atoms with Gasteiger partial charge in [-0.05, 0) is 18.2 Å². The maximum Gasteiger partial charge on any atom is 0.433 e. The summed E-state index contributed by atoms with van der Waals surface area (Å²) in [6.45, 7) is 0. The Morgan fingerprint density at radius 2 is 2.00 bits per heavy atom. The normalized spacial score (nSPS) is 11.5. The van der Waals surface area contributed by atoms with Gasteiger partial charge in [-0.2, -0.15) is 18.3 Å². The van der Waals surface area contributed by atoms with Gasteiger partial charge in [0.1, 0.15) is 11.3 Å². The van der Waals surface area contributed by atoms with Crippen molar-refractivity contribution in [3.05, 3.63) is 41.9 Å². The monoisotopic (exact) mass is 257 g/mol. The summed E-state index contributed by atoms with van der Waals surface area (Å²) in [5.74, 6) is -1.75. The zero-order valence-corrected chi connectivity index (χ0v) is 8.72. The van der Waals surface area contributed by atoms with Crippen LogP contribution in [0.5, 0.6) is 0 Å². The van der Waals surface area contributed by atoms with Crippen LogP contribution in [0.2, 0.25) is 0 Å². The number of aromatic carboxylic acids is 1. The van der Waals surface area contributed by atoms with E-state index in [0.717, 1.165) is 18.3 Å². The van der Waals surface area contributed by atoms with Crippen molar-refractivity contribution in [2.45, 2.75) is 6.18 Å². The maximum absolute atomic E-state index is 12.7. The summed E-state index contributed by atoms with van der Waals surface area (Å²) in [6.07, 6.45) is -2.50. The van der Waals surface area contributed by atoms with E-state index in [1.54, 1.807) is 0 Å². The number of rotatable bonds is 2. The topological polar surface area (TPSA) is 68.0 Å². The zero-order chi connectivity index (χ0) is 13.3. The van der Waals surface area contributed by atoms with Gasteiger partial charge in [-0.15, -0.1) is 0 Å². The van der Waals surface area contributed by atoms with E-state index in [-0.39, 0.29) is 11.4 Å². The van der Waals surface area contributed by atoms with Crippen LogP contribution < -0.4 is 0 Å². The molecule has 0 aliphatic carbocycles. The lowest BCUT2D eigenvalue weighted by molar-refractivity contribution is -0.142. The molecule has 0 aliphatic rings. The van der Waals surface area contributed by atoms with Crippen LogP contribution in [0.4, 0.5) is 13.2 Å². The predicted octanol–water partition coefficient (Wildman–Crippen LogP) is 1.98. The van der Waals surface area contributed by atoms with Gasteiger partial charge in [0.05, 0.1) is 6.20 Å². The average molecular weight is 257 g/mol. The Labute approximate surface area is 98.5 Å². The summed E-state index contributed by atoms with van der Waals surface area (Å²) in [5, 5.41) is 12.4. The van der Waals surface area contributed by atoms with E-state index in [4.69, 9.17) is 5.11 Å². The van der Waals surface area contributed by atoms with Crippen LogP contribution in [0.25, 0.3) is 5.82 Å². The number of aromatic nitrogens is 3. The highest BCUT2D eigenvalue weighted by Gasteiger charge is 2.36. The zero-order valence-electron chi connectivity index (χ0n) is 8.72. The first kappa shape index (κ1) is 12.1. The number of carboxylic acid groups (broad SMARTS) is 1. The Bertz CT molecular complexity index is 592. The minimum atomic E-state index is -4.64. The van der Waals surface area contributed by atoms with Gasteiger partial charge in [-0.1, -0.05) is 0 Å². The lowest BCUT2D eigenvalue weighted by Gasteiger charge is -2.10. The average Bonchev–Trinajstić information content (AvgIpc) is 2.77. The molecule has 0 radical (unpaired) electrons. The van der Waals surface area contributed by atoms with E-state index in [0.29, 0.717) is 4.68 Å². The Morgan fingerprint density at radius 1 is 1.28 bits per heavy atom. The van der Waals surface area contributed by atoms with Crippen molar-refractivity contribution in [1.29, 1.82) is 0 Å². The summed E-state index contributed by atoms with van der Waals surface area (Å²) in [5.41, 5.74) is -1.43. The molecule has 2 rings (SSSR count). The lowest BCUT2D eigenvalue weighted by atomic mass is 10.2. The van der Waals surface area contributed by atoms with Gasteiger partial charge in [0, 0.05) is 6.20 Å². The molecule has 5 nitrogen and oxygen atoms in total. The molecule has 1 N–H and O–H groups in total. The van der Waals surface area contributed by atoms with E-state index in [9.17, 15) is 18.0 Å². The highest BCUT2D eigenvalue weighted by atomic mass is 19.4. The molecular weight excluding hydrogens is 251 g/mol. The molecular formula is C10H6F3N3O2. The summed E-state index contributed by atoms with van der Waals surface area (Å²) < 4.78 is 38.5. The molecule has 0 amide bonds. The standard InChI is InChI=1S/C10H6F3N3O2/c11-10(12,13)7-3-5-15-16(7)8-6(9(17)18)2-1-4-14-8/h1-5H,(H,17,18). The highest BCUT2D eigenvalue weighted by Crippen LogP contribution is 2.30. The fourth-order valence-corrected chi connectivity index (χ4v) is 1.42. The number of nitrogens with zero attached hydrogens (tertiary/aromatic N) is 3. The lowest BCUT2D eigenvalue weighted by Crippen LogP contribution is -2.16. The molecule has 0 unspecified atom stereocenters. The number of halogens is 3. The fraction of sp³-hybridized carbons (Fsp3) is 0.100. The maximum atomic E-state index is 12.7. The van der Waals surface area contributed by atoms with Gasteiger partial charge >= 0.3 is 12.1 Å². The number of hydrogen-bond acceptors (Lipinski definition) is 3. The first-order valence-electron chi connectivity index (χ1n) is 4.71. The molecule has 0 fully saturated rings. The molecule has 94 valence electrons. The summed E-state index contributed by atoms with van der Waals surface area (Å²) in [6, 6.07) is 3.23. The Morgan fingerprint density at radius 3 is 2.61 bits per heavy atom. The van der Waals surface area contributed by atoms with Gasteiger partial charge in [-0.3, -0.25) is 0 Å². The second-order valence-corrected chi connectivity index (χ2v) is 3.31. The number of pyridine rings is 1. The third kappa shape index (κ3) is 2.04. The molecule has 0 aromatic carbocycles. The summed E-state index contributed by atoms with van der Waals surface area (Å²) >= 11 is 0. The van der Waals surface area contributed by atoms with E-state index in [1.165, 1.54) is 12.3 Å². The summed E-state index contributed by atoms with van der Waals surface area (Å²) in [7, 11) is 0. The largest absolute Gasteiger partial charge is 0.478 e. The molecule has 18 heavy (non-hydrogen) atoms. The van der Waals surface area contributed by atoms with Crippen molar-refractivity contribution >= 4 is 5.97 Å². The minimum absolute atomic E-state index is 0.355. The predicted molar refractivity (Wildman–Crippen MR) is 53.3 cm³/mol. The Hall–Kier alpha value is -2.38. The molecule has 0 bridgehead atoms. The van der Waals surface area contributed by atoms with E-state index in [1.807, 2.05) is 0 Å². The van der Waals surface area contributed by atoms with Crippen LogP contribution in [0.1, 0.15) is 16.1 Å². The molecule has 0 atom stereocenters. The van der Waals surface area contributed by atoms with Gasteiger partial charge in [0.2, 0.25) is 0 Å². The van der Waals surface area contributed by atoms with Crippen molar-refractivity contribution in [3.63, 3.8) is 0 Å². The summed E-state index contributed by atoms with van der Waals surface area (Å²) in [4.78, 5) is 14.6. The van der Waals surface area contributed by atoms with Gasteiger partial charge in [0.25, 0.3) is 0 Å². The van der Waals surface area contributed by atoms with Gasteiger partial charge in [0.15, 0.2) is 5.82 Å². The molecule has 2 aromatic heterocycles. The van der Waals surface area contributed by atoms with Crippen molar-refractivity contribution in [3.8, 4) is 5.82 Å². The van der Waals surface area contributed by atoms with Crippen LogP contribution in [0, 0.1) is 0 Å². The molecule has 2 aromatic rings. The SMILES string of the molecule is O=C(O)c1cccnc1-n1nccc1C(F)(F)F. The van der Waals surface area contributed by atoms with E-state index in [2.05, 4.69) is 10.1 Å². The van der Waals surface area contributed by atoms with Gasteiger partial charge < -0.3 is 5.11 Å². The molecule has 2 heterocycles. The quantitative estimate of drug-likeness (QED) is 0.893. The minimum Gasteiger partial charge on any atom is -0.478 e. The Kier molecular flexibility index (Phi) is 2.77. The third-order valence-corrected chi connectivity index (χ3v) is 2.15. The van der Waals surface area contributed by atoms with E-state index < -0.39 is 17.8 Å². The molecule has 8 heteroatoms. The first-order valence-corrected chi connectivity index (χ1v) is 4.71. The van der Waals surface area contributed by atoms with Crippen LogP contribution in [0.15, 0.2) is 30.6 Å². The molecule has 0 saturated heterocycles. The van der Waals surface area contributed by atoms with Crippen molar-refractivity contribution in [2.75, 3.05) is 0 Å². The van der Waals surface area contributed by atoms with Crippen LogP contribution in [-0.4, -0.2) is 25.8 Å². The van der Waals surface area contributed by atoms with E-state index >= 15 is 0 Å². The molecule has 0 spiro atoms. The third-order valence-electron chi connectivity index (χ3n) is 2.15. The smallest absolute Gasteiger partial charge is 0.433 e. The van der Waals surface area contributed by atoms with Gasteiger partial charge in [-0.25, -0.2) is 14.5 Å². The fourth-order valence-electron chi connectivity index (χ4n) is 1.42. The Balaban J connectivity index is 2.64. The number of carbonyl (C=O) groups is 1. The van der Waals surface area contributed by atoms with Crippen LogP contribution in [0.3, 0.4) is 0 Å². The number of alkyl halides is 3. The van der Waals surface area contributed by atoms with Crippen molar-refractivity contribution in [1.82, 2.24) is 14.8 Å². The number of hydrogen-bond donors (Lipinski definition) is 1. The van der Waals surface area contributed by atoms with Crippen molar-refractivity contribution < 1.29 is 23.1 Å².